The van der Waals surface area contributed by atoms with E-state index in [1.807, 2.05) is 19.2 Å². The lowest BCUT2D eigenvalue weighted by atomic mass is 10.3. The Hall–Kier alpha value is -1.79. The van der Waals surface area contributed by atoms with E-state index in [1.54, 1.807) is 25.3 Å². The van der Waals surface area contributed by atoms with Crippen molar-refractivity contribution in [3.63, 3.8) is 0 Å². The summed E-state index contributed by atoms with van der Waals surface area (Å²) in [6.45, 7) is 3.80. The van der Waals surface area contributed by atoms with Crippen LogP contribution in [-0.4, -0.2) is 18.1 Å². The molecule has 21 heavy (non-hydrogen) atoms. The largest absolute Gasteiger partial charge is 0.497 e. The van der Waals surface area contributed by atoms with Crippen LogP contribution in [0.5, 0.6) is 5.75 Å². The van der Waals surface area contributed by atoms with Crippen molar-refractivity contribution in [2.75, 3.05) is 12.4 Å². The highest BCUT2D eigenvalue weighted by Gasteiger charge is 2.13. The highest BCUT2D eigenvalue weighted by molar-refractivity contribution is 7.09. The van der Waals surface area contributed by atoms with Crippen molar-refractivity contribution < 1.29 is 9.53 Å². The van der Waals surface area contributed by atoms with Crippen LogP contribution in [0.1, 0.15) is 23.7 Å². The van der Waals surface area contributed by atoms with Crippen LogP contribution in [0, 0.1) is 6.92 Å². The van der Waals surface area contributed by atoms with Gasteiger partial charge in [0, 0.05) is 17.1 Å². The number of urea groups is 1. The number of halogens is 1. The van der Waals surface area contributed by atoms with E-state index in [0.717, 1.165) is 10.7 Å². The van der Waals surface area contributed by atoms with Crippen LogP contribution in [0.3, 0.4) is 0 Å². The number of rotatable bonds is 4. The van der Waals surface area contributed by atoms with E-state index in [-0.39, 0.29) is 12.1 Å². The molecule has 2 N–H and O–H groups in total. The Bertz CT molecular complexity index is 645. The van der Waals surface area contributed by atoms with Gasteiger partial charge in [0.05, 0.1) is 23.9 Å². The monoisotopic (exact) mass is 325 g/mol. The Morgan fingerprint density at radius 1 is 1.48 bits per heavy atom. The molecule has 0 aliphatic carbocycles. The standard InChI is InChI=1S/C14H16ClN3O2S/c1-8-7-21-13(16-8)9(2)17-14(19)18-12-5-4-10(20-3)6-11(12)15/h4-7,9H,1-3H3,(H2,17,18,19)/t9-/m0/s1. The first kappa shape index (κ1) is 15.6. The molecule has 5 nitrogen and oxygen atoms in total. The predicted octanol–water partition coefficient (Wildman–Crippen LogP) is 4.00. The van der Waals surface area contributed by atoms with Gasteiger partial charge in [-0.25, -0.2) is 9.78 Å². The second kappa shape index (κ2) is 6.78. The molecule has 0 radical (unpaired) electrons. The Labute approximate surface area is 132 Å². The summed E-state index contributed by atoms with van der Waals surface area (Å²) in [7, 11) is 1.56. The highest BCUT2D eigenvalue weighted by Crippen LogP contribution is 2.26. The quantitative estimate of drug-likeness (QED) is 0.893. The van der Waals surface area contributed by atoms with Crippen LogP contribution in [0.2, 0.25) is 5.02 Å². The van der Waals surface area contributed by atoms with E-state index in [4.69, 9.17) is 16.3 Å². The number of methoxy groups -OCH3 is 1. The fourth-order valence-corrected chi connectivity index (χ4v) is 2.73. The summed E-state index contributed by atoms with van der Waals surface area (Å²) in [5.74, 6) is 0.637. The zero-order valence-electron chi connectivity index (χ0n) is 11.9. The van der Waals surface area contributed by atoms with E-state index in [0.29, 0.717) is 16.5 Å². The molecule has 0 aliphatic rings. The fraction of sp³-hybridized carbons (Fsp3) is 0.286. The average molecular weight is 326 g/mol. The smallest absolute Gasteiger partial charge is 0.319 e. The number of aromatic nitrogens is 1. The second-order valence-corrected chi connectivity index (χ2v) is 5.79. The predicted molar refractivity (Wildman–Crippen MR) is 85.4 cm³/mol. The van der Waals surface area contributed by atoms with Crippen molar-refractivity contribution in [2.24, 2.45) is 0 Å². The minimum atomic E-state index is -0.331. The molecule has 0 fully saturated rings. The topological polar surface area (TPSA) is 63.2 Å². The maximum absolute atomic E-state index is 12.0. The molecule has 0 saturated carbocycles. The van der Waals surface area contributed by atoms with E-state index in [9.17, 15) is 4.79 Å². The summed E-state index contributed by atoms with van der Waals surface area (Å²) in [5.41, 5.74) is 1.47. The zero-order chi connectivity index (χ0) is 15.4. The lowest BCUT2D eigenvalue weighted by Crippen LogP contribution is -2.31. The summed E-state index contributed by atoms with van der Waals surface area (Å²) in [4.78, 5) is 16.3. The number of carbonyl (C=O) groups is 1. The zero-order valence-corrected chi connectivity index (χ0v) is 13.5. The van der Waals surface area contributed by atoms with E-state index >= 15 is 0 Å². The SMILES string of the molecule is COc1ccc(NC(=O)N[C@@H](C)c2nc(C)cs2)c(Cl)c1. The number of anilines is 1. The summed E-state index contributed by atoms with van der Waals surface area (Å²) in [6, 6.07) is 4.57. The van der Waals surface area contributed by atoms with Crippen molar-refractivity contribution in [2.45, 2.75) is 19.9 Å². The van der Waals surface area contributed by atoms with Crippen LogP contribution in [0.15, 0.2) is 23.6 Å². The molecule has 1 heterocycles. The number of thiazole rings is 1. The number of aryl methyl sites for hydroxylation is 1. The van der Waals surface area contributed by atoms with Crippen molar-refractivity contribution in [3.05, 3.63) is 39.3 Å². The Kier molecular flexibility index (Phi) is 5.03. The molecule has 1 aromatic heterocycles. The van der Waals surface area contributed by atoms with Gasteiger partial charge in [0.15, 0.2) is 0 Å². The van der Waals surface area contributed by atoms with Gasteiger partial charge >= 0.3 is 6.03 Å². The molecule has 0 bridgehead atoms. The van der Waals surface area contributed by atoms with Crippen LogP contribution in [-0.2, 0) is 0 Å². The lowest BCUT2D eigenvalue weighted by Gasteiger charge is -2.13. The first-order valence-corrected chi connectivity index (χ1v) is 7.58. The number of benzene rings is 1. The van der Waals surface area contributed by atoms with Crippen LogP contribution in [0.4, 0.5) is 10.5 Å². The molecule has 0 unspecified atom stereocenters. The molecule has 7 heteroatoms. The summed E-state index contributed by atoms with van der Waals surface area (Å²) in [5, 5.41) is 8.76. The summed E-state index contributed by atoms with van der Waals surface area (Å²) >= 11 is 7.59. The van der Waals surface area contributed by atoms with Gasteiger partial charge in [-0.2, -0.15) is 0 Å². The molecule has 1 atom stereocenters. The van der Waals surface area contributed by atoms with Crippen molar-refractivity contribution in [3.8, 4) is 5.75 Å². The third-order valence-corrected chi connectivity index (χ3v) is 4.24. The van der Waals surface area contributed by atoms with E-state index in [1.165, 1.54) is 11.3 Å². The Morgan fingerprint density at radius 2 is 2.24 bits per heavy atom. The highest BCUT2D eigenvalue weighted by atomic mass is 35.5. The molecule has 2 amide bonds. The first-order chi connectivity index (χ1) is 9.99. The van der Waals surface area contributed by atoms with Crippen LogP contribution >= 0.6 is 22.9 Å². The second-order valence-electron chi connectivity index (χ2n) is 4.49. The normalized spacial score (nSPS) is 11.8. The third-order valence-electron chi connectivity index (χ3n) is 2.78. The minimum Gasteiger partial charge on any atom is -0.497 e. The molecule has 0 saturated heterocycles. The van der Waals surface area contributed by atoms with Crippen molar-refractivity contribution in [1.82, 2.24) is 10.3 Å². The van der Waals surface area contributed by atoms with Crippen LogP contribution in [0.25, 0.3) is 0 Å². The number of nitrogens with zero attached hydrogens (tertiary/aromatic N) is 1. The molecular weight excluding hydrogens is 310 g/mol. The van der Waals surface area contributed by atoms with Crippen molar-refractivity contribution >= 4 is 34.7 Å². The van der Waals surface area contributed by atoms with E-state index in [2.05, 4.69) is 15.6 Å². The van der Waals surface area contributed by atoms with Gasteiger partial charge in [-0.1, -0.05) is 11.6 Å². The lowest BCUT2D eigenvalue weighted by molar-refractivity contribution is 0.249. The number of nitrogens with one attached hydrogen (secondary N) is 2. The molecule has 0 aliphatic heterocycles. The maximum atomic E-state index is 12.0. The molecule has 2 rings (SSSR count). The van der Waals surface area contributed by atoms with Gasteiger partial charge in [-0.05, 0) is 26.0 Å². The third kappa shape index (κ3) is 4.09. The number of hydrogen-bond acceptors (Lipinski definition) is 4. The summed E-state index contributed by atoms with van der Waals surface area (Å²) in [6.07, 6.45) is 0. The molecule has 112 valence electrons. The number of amides is 2. The fourth-order valence-electron chi connectivity index (χ4n) is 1.71. The molecule has 2 aromatic rings. The Morgan fingerprint density at radius 3 is 2.81 bits per heavy atom. The van der Waals surface area contributed by atoms with Gasteiger partial charge in [-0.3, -0.25) is 0 Å². The number of ether oxygens (including phenoxy) is 1. The average Bonchev–Trinajstić information content (AvgIpc) is 2.87. The van der Waals surface area contributed by atoms with Gasteiger partial charge in [0.1, 0.15) is 10.8 Å². The van der Waals surface area contributed by atoms with Gasteiger partial charge in [-0.15, -0.1) is 11.3 Å². The molecular formula is C14H16ClN3O2S. The van der Waals surface area contributed by atoms with Gasteiger partial charge in [0.2, 0.25) is 0 Å². The molecule has 1 aromatic carbocycles. The first-order valence-electron chi connectivity index (χ1n) is 6.32. The molecule has 0 spiro atoms. The van der Waals surface area contributed by atoms with Crippen LogP contribution < -0.4 is 15.4 Å². The van der Waals surface area contributed by atoms with Gasteiger partial charge in [0.25, 0.3) is 0 Å². The Balaban J connectivity index is 1.98. The van der Waals surface area contributed by atoms with E-state index < -0.39 is 0 Å². The number of carbonyl (C=O) groups excluding carboxylic acids is 1. The van der Waals surface area contributed by atoms with Gasteiger partial charge < -0.3 is 15.4 Å². The number of hydrogen-bond donors (Lipinski definition) is 2. The maximum Gasteiger partial charge on any atom is 0.319 e. The minimum absolute atomic E-state index is 0.166. The van der Waals surface area contributed by atoms with Crippen molar-refractivity contribution in [1.29, 1.82) is 0 Å². The summed E-state index contributed by atoms with van der Waals surface area (Å²) < 4.78 is 5.06.